The fourth-order valence-electron chi connectivity index (χ4n) is 2.63. The van der Waals surface area contributed by atoms with Gasteiger partial charge in [0.2, 0.25) is 0 Å². The predicted molar refractivity (Wildman–Crippen MR) is 111 cm³/mol. The normalized spacial score (nSPS) is 10.5. The average molecular weight is 403 g/mol. The van der Waals surface area contributed by atoms with E-state index in [-0.39, 0.29) is 5.82 Å². The van der Waals surface area contributed by atoms with E-state index in [1.54, 1.807) is 18.3 Å². The van der Waals surface area contributed by atoms with Crippen LogP contribution in [-0.2, 0) is 13.0 Å². The number of nitrogens with zero attached hydrogens (tertiary/aromatic N) is 2. The minimum Gasteiger partial charge on any atom is -0.357 e. The molecule has 0 amide bonds. The second-order valence-corrected chi connectivity index (χ2v) is 7.04. The lowest BCUT2D eigenvalue weighted by Gasteiger charge is -2.02. The summed E-state index contributed by atoms with van der Waals surface area (Å²) in [4.78, 5) is 12.8. The first-order chi connectivity index (χ1) is 13.2. The van der Waals surface area contributed by atoms with Crippen molar-refractivity contribution in [2.24, 2.45) is 0 Å². The molecule has 0 saturated carbocycles. The average Bonchev–Trinajstić information content (AvgIpc) is 3.27. The highest BCUT2D eigenvalue weighted by Crippen LogP contribution is 2.31. The maximum absolute atomic E-state index is 12.9. The number of nitrogens with one attached hydrogen (secondary N) is 2. The largest absolute Gasteiger partial charge is 0.357 e. The molecule has 4 aromatic rings. The smallest absolute Gasteiger partial charge is 0.184 e. The Hall–Kier alpha value is -2.44. The summed E-state index contributed by atoms with van der Waals surface area (Å²) in [5, 5.41) is 5.59. The molecule has 1 aromatic carbocycles. The number of rotatable bonds is 5. The van der Waals surface area contributed by atoms with Gasteiger partial charge in [-0.25, -0.2) is 14.4 Å². The van der Waals surface area contributed by atoms with Gasteiger partial charge in [-0.3, -0.25) is 0 Å². The van der Waals surface area contributed by atoms with Crippen LogP contribution in [0.25, 0.3) is 11.0 Å². The number of pyridine rings is 1. The third-order valence-electron chi connectivity index (χ3n) is 3.89. The van der Waals surface area contributed by atoms with E-state index >= 15 is 0 Å². The van der Waals surface area contributed by atoms with E-state index in [0.29, 0.717) is 18.1 Å². The van der Waals surface area contributed by atoms with Gasteiger partial charge in [-0.1, -0.05) is 37.6 Å². The summed E-state index contributed by atoms with van der Waals surface area (Å²) in [6.45, 7) is 4.57. The number of fused-ring (bicyclic) bond motifs is 1. The van der Waals surface area contributed by atoms with E-state index in [1.807, 2.05) is 32.2 Å². The Morgan fingerprint density at radius 3 is 2.74 bits per heavy atom. The van der Waals surface area contributed by atoms with Gasteiger partial charge < -0.3 is 10.3 Å². The van der Waals surface area contributed by atoms with Crippen LogP contribution in [-0.4, -0.2) is 15.0 Å². The van der Waals surface area contributed by atoms with Crippen molar-refractivity contribution in [3.05, 3.63) is 75.8 Å². The summed E-state index contributed by atoms with van der Waals surface area (Å²) in [6.07, 6.45) is 4.42. The molecule has 0 aliphatic heterocycles. The van der Waals surface area contributed by atoms with Gasteiger partial charge in [-0.15, -0.1) is 11.3 Å². The Kier molecular flexibility index (Phi) is 6.42. The first kappa shape index (κ1) is 19.3. The van der Waals surface area contributed by atoms with Crippen molar-refractivity contribution in [3.63, 3.8) is 0 Å². The summed E-state index contributed by atoms with van der Waals surface area (Å²) in [7, 11) is 0. The van der Waals surface area contributed by atoms with E-state index in [4.69, 9.17) is 11.6 Å². The zero-order valence-electron chi connectivity index (χ0n) is 15.1. The zero-order chi connectivity index (χ0) is 19.2. The lowest BCUT2D eigenvalue weighted by molar-refractivity contribution is 0.627. The fourth-order valence-corrected chi connectivity index (χ4v) is 3.82. The molecule has 0 saturated heterocycles. The molecule has 7 heteroatoms. The molecule has 0 aliphatic rings. The van der Waals surface area contributed by atoms with Gasteiger partial charge in [0, 0.05) is 30.7 Å². The molecule has 27 heavy (non-hydrogen) atoms. The first-order valence-corrected chi connectivity index (χ1v) is 9.93. The predicted octanol–water partition coefficient (Wildman–Crippen LogP) is 6.04. The molecule has 0 radical (unpaired) electrons. The molecule has 4 nitrogen and oxygen atoms in total. The van der Waals surface area contributed by atoms with Crippen LogP contribution in [0.5, 0.6) is 0 Å². The van der Waals surface area contributed by atoms with Crippen LogP contribution >= 0.6 is 22.9 Å². The minimum atomic E-state index is -0.239. The lowest BCUT2D eigenvalue weighted by atomic mass is 10.1. The third-order valence-corrected chi connectivity index (χ3v) is 5.33. The lowest BCUT2D eigenvalue weighted by Crippen LogP contribution is -1.98. The molecule has 0 aliphatic carbocycles. The van der Waals surface area contributed by atoms with Crippen LogP contribution in [0.2, 0.25) is 5.15 Å². The molecule has 3 aromatic heterocycles. The van der Waals surface area contributed by atoms with E-state index in [0.717, 1.165) is 32.2 Å². The number of thiazole rings is 1. The van der Waals surface area contributed by atoms with Crippen LogP contribution in [0.1, 0.15) is 29.9 Å². The summed E-state index contributed by atoms with van der Waals surface area (Å²) >= 11 is 7.83. The van der Waals surface area contributed by atoms with E-state index < -0.39 is 0 Å². The molecule has 4 rings (SSSR count). The summed E-state index contributed by atoms with van der Waals surface area (Å²) in [5.41, 5.74) is 2.99. The third kappa shape index (κ3) is 4.64. The number of H-pyrrole nitrogens is 1. The topological polar surface area (TPSA) is 53.6 Å². The Morgan fingerprint density at radius 1 is 1.19 bits per heavy atom. The highest BCUT2D eigenvalue weighted by Gasteiger charge is 2.12. The maximum Gasteiger partial charge on any atom is 0.184 e. The summed E-state index contributed by atoms with van der Waals surface area (Å²) < 4.78 is 12.9. The first-order valence-electron chi connectivity index (χ1n) is 8.73. The minimum absolute atomic E-state index is 0.239. The molecular formula is C20H20ClFN4S. The number of aromatic amines is 1. The Balaban J connectivity index is 0.00000102. The fraction of sp³-hybridized carbons (Fsp3) is 0.200. The molecule has 0 bridgehead atoms. The van der Waals surface area contributed by atoms with Crippen LogP contribution in [0.15, 0.2) is 48.8 Å². The molecular weight excluding hydrogens is 383 g/mol. The Labute approximate surface area is 166 Å². The summed E-state index contributed by atoms with van der Waals surface area (Å²) in [5.74, 6) is -0.239. The number of halogens is 2. The van der Waals surface area contributed by atoms with Gasteiger partial charge in [0.15, 0.2) is 5.13 Å². The van der Waals surface area contributed by atoms with E-state index in [9.17, 15) is 4.39 Å². The standard InChI is InChI=1S/C18H14ClFN4S.C2H6/c19-16-15(8-12-10-22-17-14(12)2-1-7-21-17)25-18(24-16)23-9-11-3-5-13(20)6-4-11;1-2/h1-7,10H,8-9H2,(H,21,22)(H,23,24);1-2H3. The second-order valence-electron chi connectivity index (χ2n) is 5.60. The molecule has 0 spiro atoms. The van der Waals surface area contributed by atoms with Crippen molar-refractivity contribution in [3.8, 4) is 0 Å². The zero-order valence-corrected chi connectivity index (χ0v) is 16.7. The highest BCUT2D eigenvalue weighted by molar-refractivity contribution is 7.16. The summed E-state index contributed by atoms with van der Waals surface area (Å²) in [6, 6.07) is 10.3. The molecule has 0 unspecified atom stereocenters. The van der Waals surface area contributed by atoms with Gasteiger partial charge in [0.05, 0.1) is 4.88 Å². The van der Waals surface area contributed by atoms with Gasteiger partial charge >= 0.3 is 0 Å². The molecule has 2 N–H and O–H groups in total. The van der Waals surface area contributed by atoms with Crippen LogP contribution in [0.3, 0.4) is 0 Å². The number of hydrogen-bond acceptors (Lipinski definition) is 4. The van der Waals surface area contributed by atoms with Crippen molar-refractivity contribution in [1.29, 1.82) is 0 Å². The van der Waals surface area contributed by atoms with E-state index in [2.05, 4.69) is 20.3 Å². The monoisotopic (exact) mass is 402 g/mol. The number of benzene rings is 1. The quantitative estimate of drug-likeness (QED) is 0.427. The van der Waals surface area contributed by atoms with Crippen molar-refractivity contribution >= 4 is 39.1 Å². The highest BCUT2D eigenvalue weighted by atomic mass is 35.5. The van der Waals surface area contributed by atoms with Crippen LogP contribution < -0.4 is 5.32 Å². The Morgan fingerprint density at radius 2 is 1.96 bits per heavy atom. The van der Waals surface area contributed by atoms with Crippen molar-refractivity contribution < 1.29 is 4.39 Å². The SMILES string of the molecule is CC.Fc1ccc(CNc2nc(Cl)c(Cc3c[nH]c4ncccc34)s2)cc1. The van der Waals surface area contributed by atoms with Crippen molar-refractivity contribution in [2.45, 2.75) is 26.8 Å². The number of hydrogen-bond donors (Lipinski definition) is 2. The molecule has 0 atom stereocenters. The van der Waals surface area contributed by atoms with Crippen molar-refractivity contribution in [2.75, 3.05) is 5.32 Å². The Bertz CT molecular complexity index is 1010. The molecule has 3 heterocycles. The van der Waals surface area contributed by atoms with Gasteiger partial charge in [-0.05, 0) is 35.4 Å². The van der Waals surface area contributed by atoms with Crippen LogP contribution in [0, 0.1) is 5.82 Å². The van der Waals surface area contributed by atoms with Gasteiger partial charge in [0.1, 0.15) is 16.6 Å². The number of aromatic nitrogens is 3. The molecule has 140 valence electrons. The maximum atomic E-state index is 12.9. The van der Waals surface area contributed by atoms with Gasteiger partial charge in [0.25, 0.3) is 0 Å². The van der Waals surface area contributed by atoms with Crippen LogP contribution in [0.4, 0.5) is 9.52 Å². The van der Waals surface area contributed by atoms with E-state index in [1.165, 1.54) is 23.5 Å². The van der Waals surface area contributed by atoms with Crippen molar-refractivity contribution in [1.82, 2.24) is 15.0 Å². The number of anilines is 1. The molecule has 0 fully saturated rings. The second kappa shape index (κ2) is 8.97. The van der Waals surface area contributed by atoms with Gasteiger partial charge in [-0.2, -0.15) is 0 Å².